The molecule has 3 aromatic heterocycles. The highest BCUT2D eigenvalue weighted by Crippen LogP contribution is 2.25. The lowest BCUT2D eigenvalue weighted by Crippen LogP contribution is -2.13. The Labute approximate surface area is 176 Å². The van der Waals surface area contributed by atoms with E-state index in [9.17, 15) is 9.59 Å². The largest absolute Gasteiger partial charge is 0.497 e. The molecular weight excluding hydrogens is 400 g/mol. The number of ether oxygens (including phenoxy) is 2. The minimum atomic E-state index is -0.649. The Hall–Kier alpha value is -4.47. The summed E-state index contributed by atoms with van der Waals surface area (Å²) in [6, 6.07) is 11.6. The summed E-state index contributed by atoms with van der Waals surface area (Å²) in [6.45, 7) is 0.0383. The predicted molar refractivity (Wildman–Crippen MR) is 113 cm³/mol. The number of hydrogen-bond donors (Lipinski definition) is 3. The Bertz CT molecular complexity index is 1240. The van der Waals surface area contributed by atoms with Crippen molar-refractivity contribution in [2.75, 3.05) is 18.2 Å². The van der Waals surface area contributed by atoms with E-state index in [2.05, 4.69) is 25.5 Å². The Balaban J connectivity index is 1.55. The second-order valence-corrected chi connectivity index (χ2v) is 6.51. The van der Waals surface area contributed by atoms with Gasteiger partial charge >= 0.3 is 5.97 Å². The number of esters is 1. The van der Waals surface area contributed by atoms with Gasteiger partial charge in [-0.1, -0.05) is 6.07 Å². The zero-order chi connectivity index (χ0) is 21.8. The average Bonchev–Trinajstić information content (AvgIpc) is 3.18. The van der Waals surface area contributed by atoms with Gasteiger partial charge in [-0.05, 0) is 36.4 Å². The number of pyridine rings is 2. The maximum absolute atomic E-state index is 12.6. The first-order valence-corrected chi connectivity index (χ1v) is 9.21. The van der Waals surface area contributed by atoms with Gasteiger partial charge in [-0.3, -0.25) is 14.9 Å². The number of hydrogen-bond acceptors (Lipinski definition) is 8. The number of rotatable bonds is 6. The number of carbonyl (C=O) groups is 2. The van der Waals surface area contributed by atoms with Crippen LogP contribution in [-0.4, -0.2) is 39.2 Å². The number of amides is 1. The van der Waals surface area contributed by atoms with E-state index in [0.29, 0.717) is 22.3 Å². The third-order valence-corrected chi connectivity index (χ3v) is 4.48. The maximum Gasteiger partial charge on any atom is 0.342 e. The molecule has 0 atom stereocenters. The first-order chi connectivity index (χ1) is 15.0. The van der Waals surface area contributed by atoms with Crippen molar-refractivity contribution in [3.63, 3.8) is 0 Å². The lowest BCUT2D eigenvalue weighted by atomic mass is 10.2. The quantitative estimate of drug-likeness (QED) is 0.405. The van der Waals surface area contributed by atoms with Gasteiger partial charge in [-0.15, -0.1) is 0 Å². The van der Waals surface area contributed by atoms with Gasteiger partial charge in [0.05, 0.1) is 12.5 Å². The number of aromatic nitrogens is 4. The van der Waals surface area contributed by atoms with Crippen molar-refractivity contribution in [1.29, 1.82) is 0 Å². The number of fused-ring (bicyclic) bond motifs is 1. The van der Waals surface area contributed by atoms with Crippen LogP contribution in [0.2, 0.25) is 0 Å². The highest BCUT2D eigenvalue weighted by atomic mass is 16.5. The molecule has 10 heteroatoms. The molecule has 0 aliphatic heterocycles. The van der Waals surface area contributed by atoms with Crippen molar-refractivity contribution in [3.05, 3.63) is 71.5 Å². The van der Waals surface area contributed by atoms with Gasteiger partial charge in [0.25, 0.3) is 5.91 Å². The minimum absolute atomic E-state index is 0.0135. The van der Waals surface area contributed by atoms with Crippen molar-refractivity contribution in [1.82, 2.24) is 20.2 Å². The number of H-pyrrole nitrogens is 1. The zero-order valence-electron chi connectivity index (χ0n) is 16.5. The number of anilines is 2. The van der Waals surface area contributed by atoms with E-state index in [1.165, 1.54) is 6.07 Å². The third-order valence-electron chi connectivity index (χ3n) is 4.48. The third kappa shape index (κ3) is 4.27. The fourth-order valence-corrected chi connectivity index (χ4v) is 2.85. The molecule has 0 fully saturated rings. The Morgan fingerprint density at radius 1 is 1.19 bits per heavy atom. The molecule has 4 rings (SSSR count). The van der Waals surface area contributed by atoms with Crippen LogP contribution >= 0.6 is 0 Å². The molecule has 4 N–H and O–H groups in total. The summed E-state index contributed by atoms with van der Waals surface area (Å²) in [7, 11) is 1.54. The number of methoxy groups -OCH3 is 1. The van der Waals surface area contributed by atoms with E-state index >= 15 is 0 Å². The van der Waals surface area contributed by atoms with E-state index in [0.717, 1.165) is 5.56 Å². The molecule has 0 spiro atoms. The molecule has 3 heterocycles. The van der Waals surface area contributed by atoms with E-state index in [1.807, 2.05) is 0 Å². The first kappa shape index (κ1) is 19.8. The fraction of sp³-hybridized carbons (Fsp3) is 0.0952. The minimum Gasteiger partial charge on any atom is -0.497 e. The van der Waals surface area contributed by atoms with Gasteiger partial charge in [0.15, 0.2) is 11.5 Å². The Morgan fingerprint density at radius 2 is 2.00 bits per heavy atom. The standard InChI is InChI=1S/C21H18N6O4/c1-30-14-6-4-13(5-7-14)20(28)25-19-16-9-15(17(22)24-18(16)26-27-19)21(29)31-11-12-3-2-8-23-10-12/h2-10H,11H2,1H3,(H4,22,24,25,26,27,28). The second-order valence-electron chi connectivity index (χ2n) is 6.51. The van der Waals surface area contributed by atoms with Crippen LogP contribution in [0.4, 0.5) is 11.6 Å². The molecule has 1 aromatic carbocycles. The molecule has 0 radical (unpaired) electrons. The van der Waals surface area contributed by atoms with Gasteiger partial charge < -0.3 is 20.5 Å². The summed E-state index contributed by atoms with van der Waals surface area (Å²) in [6.07, 6.45) is 3.22. The highest BCUT2D eigenvalue weighted by molar-refractivity contribution is 6.08. The molecule has 0 aliphatic carbocycles. The zero-order valence-corrected chi connectivity index (χ0v) is 16.5. The van der Waals surface area contributed by atoms with Crippen LogP contribution in [0, 0.1) is 0 Å². The monoisotopic (exact) mass is 418 g/mol. The molecule has 0 unspecified atom stereocenters. The van der Waals surface area contributed by atoms with Crippen molar-refractivity contribution in [2.45, 2.75) is 6.61 Å². The van der Waals surface area contributed by atoms with Crippen molar-refractivity contribution < 1.29 is 19.1 Å². The lowest BCUT2D eigenvalue weighted by Gasteiger charge is -2.07. The van der Waals surface area contributed by atoms with Crippen LogP contribution in [0.3, 0.4) is 0 Å². The summed E-state index contributed by atoms with van der Waals surface area (Å²) in [5.41, 5.74) is 7.46. The number of nitrogens with zero attached hydrogens (tertiary/aromatic N) is 3. The van der Waals surface area contributed by atoms with Crippen molar-refractivity contribution >= 4 is 34.5 Å². The van der Waals surface area contributed by atoms with Crippen LogP contribution in [-0.2, 0) is 11.3 Å². The van der Waals surface area contributed by atoms with Crippen LogP contribution in [0.1, 0.15) is 26.3 Å². The van der Waals surface area contributed by atoms with Gasteiger partial charge in [-0.25, -0.2) is 9.78 Å². The Kier molecular flexibility index (Phi) is 5.43. The smallest absolute Gasteiger partial charge is 0.342 e. The maximum atomic E-state index is 12.6. The van der Waals surface area contributed by atoms with Gasteiger partial charge in [-0.2, -0.15) is 5.10 Å². The first-order valence-electron chi connectivity index (χ1n) is 9.21. The number of aromatic amines is 1. The molecule has 1 amide bonds. The highest BCUT2D eigenvalue weighted by Gasteiger charge is 2.19. The molecule has 0 aliphatic rings. The van der Waals surface area contributed by atoms with E-state index in [1.54, 1.807) is 55.9 Å². The molecule has 0 saturated heterocycles. The number of nitrogens with two attached hydrogens (primary N) is 1. The second kappa shape index (κ2) is 8.49. The molecule has 0 saturated carbocycles. The number of nitrogen functional groups attached to an aromatic ring is 1. The van der Waals surface area contributed by atoms with E-state index in [-0.39, 0.29) is 29.7 Å². The van der Waals surface area contributed by atoms with Gasteiger partial charge in [0, 0.05) is 23.5 Å². The lowest BCUT2D eigenvalue weighted by molar-refractivity contribution is 0.0473. The predicted octanol–water partition coefficient (Wildman–Crippen LogP) is 2.55. The molecule has 0 bridgehead atoms. The van der Waals surface area contributed by atoms with Gasteiger partial charge in [0.2, 0.25) is 0 Å². The topological polar surface area (TPSA) is 145 Å². The van der Waals surface area contributed by atoms with Crippen molar-refractivity contribution in [3.8, 4) is 5.75 Å². The summed E-state index contributed by atoms with van der Waals surface area (Å²) in [4.78, 5) is 33.2. The van der Waals surface area contributed by atoms with E-state index < -0.39 is 5.97 Å². The fourth-order valence-electron chi connectivity index (χ4n) is 2.85. The molecule has 156 valence electrons. The molecule has 4 aromatic rings. The summed E-state index contributed by atoms with van der Waals surface area (Å²) in [5.74, 6) is -0.196. The van der Waals surface area contributed by atoms with E-state index in [4.69, 9.17) is 15.2 Å². The van der Waals surface area contributed by atoms with Crippen LogP contribution in [0.25, 0.3) is 11.0 Å². The normalized spacial score (nSPS) is 10.6. The van der Waals surface area contributed by atoms with Crippen LogP contribution in [0.5, 0.6) is 5.75 Å². The van der Waals surface area contributed by atoms with Gasteiger partial charge in [0.1, 0.15) is 23.7 Å². The summed E-state index contributed by atoms with van der Waals surface area (Å²) in [5, 5.41) is 9.88. The number of carbonyl (C=O) groups excluding carboxylic acids is 2. The Morgan fingerprint density at radius 3 is 2.71 bits per heavy atom. The number of benzene rings is 1. The van der Waals surface area contributed by atoms with Crippen molar-refractivity contribution in [2.24, 2.45) is 0 Å². The summed E-state index contributed by atoms with van der Waals surface area (Å²) >= 11 is 0. The summed E-state index contributed by atoms with van der Waals surface area (Å²) < 4.78 is 10.4. The molecular formula is C21H18N6O4. The SMILES string of the molecule is COc1ccc(C(=O)Nc2n[nH]c3nc(N)c(C(=O)OCc4cccnc4)cc23)cc1. The molecule has 10 nitrogen and oxygen atoms in total. The van der Waals surface area contributed by atoms with Crippen LogP contribution < -0.4 is 15.8 Å². The van der Waals surface area contributed by atoms with Crippen LogP contribution in [0.15, 0.2) is 54.9 Å². The number of nitrogens with one attached hydrogen (secondary N) is 2. The average molecular weight is 418 g/mol. The molecule has 31 heavy (non-hydrogen) atoms.